The third kappa shape index (κ3) is 3.84. The van der Waals surface area contributed by atoms with Crippen molar-refractivity contribution in [3.8, 4) is 0 Å². The van der Waals surface area contributed by atoms with Gasteiger partial charge in [-0.25, -0.2) is 17.6 Å². The summed E-state index contributed by atoms with van der Waals surface area (Å²) in [6, 6.07) is 6.27. The summed E-state index contributed by atoms with van der Waals surface area (Å²) in [7, 11) is 0. The summed E-state index contributed by atoms with van der Waals surface area (Å²) in [6.07, 6.45) is 0. The Kier molecular flexibility index (Phi) is 4.95. The molecule has 0 bridgehead atoms. The van der Waals surface area contributed by atoms with E-state index in [2.05, 4.69) is 10.6 Å². The van der Waals surface area contributed by atoms with Crippen LogP contribution in [0.3, 0.4) is 0 Å². The number of rotatable bonds is 3. The van der Waals surface area contributed by atoms with Crippen LogP contribution in [0.2, 0.25) is 0 Å². The Morgan fingerprint density at radius 1 is 1.00 bits per heavy atom. The summed E-state index contributed by atoms with van der Waals surface area (Å²) in [4.78, 5) is 11.3. The number of carbonyl (C=O) groups is 1. The van der Waals surface area contributed by atoms with Crippen LogP contribution in [0.1, 0.15) is 17.3 Å². The third-order valence-electron chi connectivity index (χ3n) is 2.88. The Morgan fingerprint density at radius 2 is 1.61 bits per heavy atom. The zero-order chi connectivity index (χ0) is 17.1. The van der Waals surface area contributed by atoms with Crippen LogP contribution in [0, 0.1) is 23.3 Å². The molecule has 2 aromatic rings. The van der Waals surface area contributed by atoms with Gasteiger partial charge >= 0.3 is 0 Å². The molecular formula is C15H10F4N2OS. The zero-order valence-corrected chi connectivity index (χ0v) is 12.5. The smallest absolute Gasteiger partial charge is 0.185 e. The van der Waals surface area contributed by atoms with E-state index in [4.69, 9.17) is 12.2 Å². The van der Waals surface area contributed by atoms with Crippen molar-refractivity contribution in [2.75, 3.05) is 10.6 Å². The number of ketones is 1. The van der Waals surface area contributed by atoms with Gasteiger partial charge in [-0.2, -0.15) is 0 Å². The second-order valence-electron chi connectivity index (χ2n) is 4.56. The van der Waals surface area contributed by atoms with Gasteiger partial charge in [-0.15, -0.1) is 0 Å². The normalized spacial score (nSPS) is 10.3. The summed E-state index contributed by atoms with van der Waals surface area (Å²) in [5, 5.41) is 4.33. The standard InChI is InChI=1S/C15H10F4N2OS/c1-7(22)8-3-2-4-9(5-8)20-15(23)21-14-12(18)10(16)6-11(17)13(14)19/h2-6H,1H3,(H2,20,21,23). The Hall–Kier alpha value is -2.48. The molecule has 2 rings (SSSR count). The average Bonchev–Trinajstić information content (AvgIpc) is 2.50. The van der Waals surface area contributed by atoms with Crippen molar-refractivity contribution in [1.82, 2.24) is 0 Å². The average molecular weight is 342 g/mol. The molecular weight excluding hydrogens is 332 g/mol. The van der Waals surface area contributed by atoms with Crippen LogP contribution in [-0.2, 0) is 0 Å². The lowest BCUT2D eigenvalue weighted by molar-refractivity contribution is 0.101. The summed E-state index contributed by atoms with van der Waals surface area (Å²) < 4.78 is 53.3. The Morgan fingerprint density at radius 3 is 2.17 bits per heavy atom. The molecule has 0 aliphatic rings. The fourth-order valence-electron chi connectivity index (χ4n) is 1.77. The molecule has 0 aromatic heterocycles. The number of halogens is 4. The lowest BCUT2D eigenvalue weighted by Gasteiger charge is -2.13. The van der Waals surface area contributed by atoms with E-state index in [1.807, 2.05) is 0 Å². The number of hydrogen-bond donors (Lipinski definition) is 2. The minimum Gasteiger partial charge on any atom is -0.332 e. The maximum absolute atomic E-state index is 13.5. The van der Waals surface area contributed by atoms with E-state index in [1.54, 1.807) is 18.2 Å². The molecule has 23 heavy (non-hydrogen) atoms. The fourth-order valence-corrected chi connectivity index (χ4v) is 1.99. The fraction of sp³-hybridized carbons (Fsp3) is 0.0667. The number of carbonyl (C=O) groups excluding carboxylic acids is 1. The van der Waals surface area contributed by atoms with E-state index >= 15 is 0 Å². The molecule has 0 aliphatic heterocycles. The highest BCUT2D eigenvalue weighted by Gasteiger charge is 2.19. The molecule has 2 N–H and O–H groups in total. The van der Waals surface area contributed by atoms with Crippen LogP contribution in [0.4, 0.5) is 28.9 Å². The predicted molar refractivity (Wildman–Crippen MR) is 82.6 cm³/mol. The molecule has 0 heterocycles. The molecule has 2 aromatic carbocycles. The van der Waals surface area contributed by atoms with Crippen molar-refractivity contribution in [2.24, 2.45) is 0 Å². The van der Waals surface area contributed by atoms with Crippen LogP contribution in [0.15, 0.2) is 30.3 Å². The van der Waals surface area contributed by atoms with E-state index < -0.39 is 29.0 Å². The van der Waals surface area contributed by atoms with Gasteiger partial charge in [-0.05, 0) is 31.3 Å². The number of anilines is 2. The van der Waals surface area contributed by atoms with Gasteiger partial charge in [0.25, 0.3) is 0 Å². The van der Waals surface area contributed by atoms with Crippen molar-refractivity contribution in [2.45, 2.75) is 6.92 Å². The van der Waals surface area contributed by atoms with Gasteiger partial charge in [0.1, 0.15) is 5.69 Å². The molecule has 0 fully saturated rings. The van der Waals surface area contributed by atoms with Crippen LogP contribution < -0.4 is 10.6 Å². The summed E-state index contributed by atoms with van der Waals surface area (Å²) in [5.41, 5.74) is -0.275. The van der Waals surface area contributed by atoms with Crippen molar-refractivity contribution in [1.29, 1.82) is 0 Å². The van der Waals surface area contributed by atoms with E-state index in [9.17, 15) is 22.4 Å². The van der Waals surface area contributed by atoms with Crippen molar-refractivity contribution in [3.63, 3.8) is 0 Å². The maximum Gasteiger partial charge on any atom is 0.185 e. The molecule has 0 amide bonds. The van der Waals surface area contributed by atoms with Gasteiger partial charge in [-0.3, -0.25) is 4.79 Å². The Labute approximate surface area is 134 Å². The lowest BCUT2D eigenvalue weighted by Crippen LogP contribution is -2.21. The Bertz CT molecular complexity index is 769. The molecule has 8 heteroatoms. The van der Waals surface area contributed by atoms with Gasteiger partial charge in [0.2, 0.25) is 0 Å². The molecule has 0 saturated carbocycles. The highest BCUT2D eigenvalue weighted by molar-refractivity contribution is 7.80. The van der Waals surface area contributed by atoms with Gasteiger partial charge in [-0.1, -0.05) is 12.1 Å². The minimum atomic E-state index is -1.59. The third-order valence-corrected chi connectivity index (χ3v) is 3.08. The quantitative estimate of drug-likeness (QED) is 0.379. The molecule has 0 spiro atoms. The second-order valence-corrected chi connectivity index (χ2v) is 4.97. The summed E-state index contributed by atoms with van der Waals surface area (Å²) in [6.45, 7) is 1.37. The zero-order valence-electron chi connectivity index (χ0n) is 11.7. The molecule has 0 atom stereocenters. The summed E-state index contributed by atoms with van der Waals surface area (Å²) in [5.74, 6) is -6.46. The first-order valence-corrected chi connectivity index (χ1v) is 6.72. The lowest BCUT2D eigenvalue weighted by atomic mass is 10.1. The topological polar surface area (TPSA) is 41.1 Å². The Balaban J connectivity index is 2.21. The number of Topliss-reactive ketones (excluding diaryl/α,β-unsaturated/α-hetero) is 1. The van der Waals surface area contributed by atoms with Gasteiger partial charge in [0, 0.05) is 17.3 Å². The van der Waals surface area contributed by atoms with Gasteiger partial charge in [0.05, 0.1) is 0 Å². The molecule has 120 valence electrons. The van der Waals surface area contributed by atoms with Crippen LogP contribution in [0.25, 0.3) is 0 Å². The van der Waals surface area contributed by atoms with Crippen molar-refractivity contribution < 1.29 is 22.4 Å². The number of thiocarbonyl (C=S) groups is 1. The van der Waals surface area contributed by atoms with E-state index in [-0.39, 0.29) is 17.0 Å². The highest BCUT2D eigenvalue weighted by atomic mass is 32.1. The molecule has 3 nitrogen and oxygen atoms in total. The predicted octanol–water partition coefficient (Wildman–Crippen LogP) is 4.25. The monoisotopic (exact) mass is 342 g/mol. The van der Waals surface area contributed by atoms with Crippen LogP contribution in [0.5, 0.6) is 0 Å². The van der Waals surface area contributed by atoms with Crippen molar-refractivity contribution >= 4 is 34.5 Å². The second kappa shape index (κ2) is 6.74. The van der Waals surface area contributed by atoms with Crippen molar-refractivity contribution in [3.05, 3.63) is 59.2 Å². The van der Waals surface area contributed by atoms with E-state index in [1.165, 1.54) is 13.0 Å². The number of hydrogen-bond acceptors (Lipinski definition) is 2. The first-order valence-electron chi connectivity index (χ1n) is 6.31. The van der Waals surface area contributed by atoms with Gasteiger partial charge < -0.3 is 10.6 Å². The molecule has 0 unspecified atom stereocenters. The first kappa shape index (κ1) is 16.9. The number of nitrogens with one attached hydrogen (secondary N) is 2. The van der Waals surface area contributed by atoms with Gasteiger partial charge in [0.15, 0.2) is 34.2 Å². The minimum absolute atomic E-state index is 0.0999. The summed E-state index contributed by atoms with van der Waals surface area (Å²) >= 11 is 4.85. The maximum atomic E-state index is 13.5. The molecule has 0 radical (unpaired) electrons. The van der Waals surface area contributed by atoms with Crippen LogP contribution >= 0.6 is 12.2 Å². The largest absolute Gasteiger partial charge is 0.332 e. The molecule has 0 saturated heterocycles. The highest BCUT2D eigenvalue weighted by Crippen LogP contribution is 2.24. The van der Waals surface area contributed by atoms with E-state index in [0.29, 0.717) is 11.3 Å². The van der Waals surface area contributed by atoms with E-state index in [0.717, 1.165) is 0 Å². The molecule has 0 aliphatic carbocycles. The first-order chi connectivity index (χ1) is 10.8. The van der Waals surface area contributed by atoms with Crippen LogP contribution in [-0.4, -0.2) is 10.9 Å². The number of benzene rings is 2. The SMILES string of the molecule is CC(=O)c1cccc(NC(=S)Nc2c(F)c(F)cc(F)c2F)c1.